The molecule has 2 rings (SSSR count). The van der Waals surface area contributed by atoms with Gasteiger partial charge < -0.3 is 4.98 Å². The smallest absolute Gasteiger partial charge is 0.123 e. The Morgan fingerprint density at radius 2 is 2.00 bits per heavy atom. The number of rotatable bonds is 0. The molecule has 12 heavy (non-hydrogen) atoms. The van der Waals surface area contributed by atoms with Gasteiger partial charge in [-0.3, -0.25) is 0 Å². The number of benzene rings is 1. The van der Waals surface area contributed by atoms with Crippen LogP contribution in [0.2, 0.25) is 0 Å². The Morgan fingerprint density at radius 1 is 1.17 bits per heavy atom. The van der Waals surface area contributed by atoms with Crippen molar-refractivity contribution in [2.24, 2.45) is 0 Å². The Bertz CT molecular complexity index is 475. The topological polar surface area (TPSA) is 15.8 Å². The van der Waals surface area contributed by atoms with Crippen molar-refractivity contribution >= 4 is 23.1 Å². The van der Waals surface area contributed by atoms with E-state index in [1.54, 1.807) is 18.2 Å². The normalized spacial score (nSPS) is 10.4. The van der Waals surface area contributed by atoms with Gasteiger partial charge in [-0.2, -0.15) is 0 Å². The molecule has 0 unspecified atom stereocenters. The summed E-state index contributed by atoms with van der Waals surface area (Å²) in [6, 6.07) is 8.11. The molecule has 1 N–H and O–H groups in total. The van der Waals surface area contributed by atoms with Gasteiger partial charge >= 0.3 is 0 Å². The van der Waals surface area contributed by atoms with Crippen molar-refractivity contribution in [1.82, 2.24) is 4.98 Å². The number of fused-ring (bicyclic) bond motifs is 1. The van der Waals surface area contributed by atoms with Crippen LogP contribution in [0.1, 0.15) is 0 Å². The maximum absolute atomic E-state index is 12.7. The van der Waals surface area contributed by atoms with Crippen molar-refractivity contribution in [2.75, 3.05) is 0 Å². The predicted molar refractivity (Wildman–Crippen MR) is 49.1 cm³/mol. The molecule has 0 radical (unpaired) electrons. The van der Waals surface area contributed by atoms with E-state index in [0.29, 0.717) is 4.64 Å². The second-order valence-electron chi connectivity index (χ2n) is 2.55. The number of nitrogens with one attached hydrogen (secondary N) is 1. The minimum absolute atomic E-state index is 0.229. The van der Waals surface area contributed by atoms with Crippen LogP contribution in [0.15, 0.2) is 30.3 Å². The summed E-state index contributed by atoms with van der Waals surface area (Å²) in [5.74, 6) is -0.229. The Morgan fingerprint density at radius 3 is 2.83 bits per heavy atom. The maximum atomic E-state index is 12.7. The predicted octanol–water partition coefficient (Wildman–Crippen LogP) is 3.04. The molecule has 1 nitrogen and oxygen atoms in total. The summed E-state index contributed by atoms with van der Waals surface area (Å²) in [6.07, 6.45) is 0. The summed E-state index contributed by atoms with van der Waals surface area (Å²) >= 11 is 4.92. The molecule has 0 saturated carbocycles. The molecule has 0 aliphatic heterocycles. The van der Waals surface area contributed by atoms with Crippen LogP contribution in [0.4, 0.5) is 4.39 Å². The van der Waals surface area contributed by atoms with Crippen LogP contribution in [-0.4, -0.2) is 4.98 Å². The van der Waals surface area contributed by atoms with Crippen LogP contribution in [0.5, 0.6) is 0 Å². The number of hydrogen-bond donors (Lipinski definition) is 1. The van der Waals surface area contributed by atoms with E-state index >= 15 is 0 Å². The number of hydrogen-bond acceptors (Lipinski definition) is 1. The van der Waals surface area contributed by atoms with Gasteiger partial charge in [-0.05, 0) is 30.3 Å². The zero-order valence-corrected chi connectivity index (χ0v) is 6.99. The molecule has 1 aromatic carbocycles. The lowest BCUT2D eigenvalue weighted by Crippen LogP contribution is -1.80. The highest BCUT2D eigenvalue weighted by Gasteiger charge is 1.93. The summed E-state index contributed by atoms with van der Waals surface area (Å²) in [6.45, 7) is 0. The minimum atomic E-state index is -0.229. The third kappa shape index (κ3) is 1.23. The third-order valence-corrected chi connectivity index (χ3v) is 1.92. The van der Waals surface area contributed by atoms with Gasteiger partial charge in [0.15, 0.2) is 0 Å². The quantitative estimate of drug-likeness (QED) is 0.614. The summed E-state index contributed by atoms with van der Waals surface area (Å²) in [5, 5.41) is 0.837. The lowest BCUT2D eigenvalue weighted by atomic mass is 10.2. The largest absolute Gasteiger partial charge is 0.346 e. The Balaban J connectivity index is 2.87. The highest BCUT2D eigenvalue weighted by molar-refractivity contribution is 7.71. The van der Waals surface area contributed by atoms with E-state index in [-0.39, 0.29) is 5.82 Å². The zero-order valence-electron chi connectivity index (χ0n) is 6.17. The Labute approximate surface area is 73.9 Å². The average molecular weight is 179 g/mol. The van der Waals surface area contributed by atoms with Crippen molar-refractivity contribution in [2.45, 2.75) is 0 Å². The van der Waals surface area contributed by atoms with Crippen LogP contribution in [0, 0.1) is 10.5 Å². The van der Waals surface area contributed by atoms with Gasteiger partial charge in [0.05, 0.1) is 0 Å². The van der Waals surface area contributed by atoms with Crippen molar-refractivity contribution in [1.29, 1.82) is 0 Å². The molecule has 0 saturated heterocycles. The third-order valence-electron chi connectivity index (χ3n) is 1.69. The van der Waals surface area contributed by atoms with Crippen LogP contribution in [0.3, 0.4) is 0 Å². The number of aromatic amines is 1. The van der Waals surface area contributed by atoms with E-state index in [1.165, 1.54) is 12.1 Å². The molecule has 0 bridgehead atoms. The molecular weight excluding hydrogens is 173 g/mol. The monoisotopic (exact) mass is 179 g/mol. The molecule has 60 valence electrons. The number of halogens is 1. The highest BCUT2D eigenvalue weighted by atomic mass is 32.1. The van der Waals surface area contributed by atoms with Crippen molar-refractivity contribution in [3.8, 4) is 0 Å². The van der Waals surface area contributed by atoms with Crippen LogP contribution >= 0.6 is 12.2 Å². The second kappa shape index (κ2) is 2.68. The molecule has 3 heteroatoms. The van der Waals surface area contributed by atoms with Crippen molar-refractivity contribution < 1.29 is 4.39 Å². The van der Waals surface area contributed by atoms with Crippen LogP contribution in [0.25, 0.3) is 10.9 Å². The molecule has 1 heterocycles. The van der Waals surface area contributed by atoms with Crippen LogP contribution in [-0.2, 0) is 0 Å². The molecule has 0 spiro atoms. The fraction of sp³-hybridized carbons (Fsp3) is 0. The van der Waals surface area contributed by atoms with Gasteiger partial charge in [0, 0.05) is 10.9 Å². The Hall–Kier alpha value is -1.22. The van der Waals surface area contributed by atoms with Crippen molar-refractivity contribution in [3.05, 3.63) is 40.8 Å². The molecule has 0 aliphatic carbocycles. The van der Waals surface area contributed by atoms with Gasteiger partial charge in [0.25, 0.3) is 0 Å². The first-order valence-electron chi connectivity index (χ1n) is 3.54. The lowest BCUT2D eigenvalue weighted by molar-refractivity contribution is 0.629. The van der Waals surface area contributed by atoms with E-state index < -0.39 is 0 Å². The molecule has 1 aromatic heterocycles. The molecule has 0 amide bonds. The number of aromatic nitrogens is 1. The average Bonchev–Trinajstić information content (AvgIpc) is 2.05. The zero-order chi connectivity index (χ0) is 8.55. The molecule has 2 aromatic rings. The molecule has 0 atom stereocenters. The first-order chi connectivity index (χ1) is 5.75. The standard InChI is InChI=1S/C9H6FNS/c10-7-2-3-8-6(5-7)1-4-9(12)11-8/h1-5H,(H,11,12). The van der Waals surface area contributed by atoms with Gasteiger partial charge in [0.1, 0.15) is 10.5 Å². The van der Waals surface area contributed by atoms with Gasteiger partial charge in [-0.15, -0.1) is 0 Å². The summed E-state index contributed by atoms with van der Waals surface area (Å²) < 4.78 is 13.4. The van der Waals surface area contributed by atoms with E-state index in [9.17, 15) is 4.39 Å². The summed E-state index contributed by atoms with van der Waals surface area (Å²) in [4.78, 5) is 2.97. The summed E-state index contributed by atoms with van der Waals surface area (Å²) in [7, 11) is 0. The van der Waals surface area contributed by atoms with E-state index in [1.807, 2.05) is 0 Å². The number of pyridine rings is 1. The van der Waals surface area contributed by atoms with Gasteiger partial charge in [-0.25, -0.2) is 4.39 Å². The van der Waals surface area contributed by atoms with E-state index in [4.69, 9.17) is 12.2 Å². The maximum Gasteiger partial charge on any atom is 0.123 e. The first kappa shape index (κ1) is 7.43. The minimum Gasteiger partial charge on any atom is -0.346 e. The second-order valence-corrected chi connectivity index (χ2v) is 2.99. The highest BCUT2D eigenvalue weighted by Crippen LogP contribution is 2.12. The first-order valence-corrected chi connectivity index (χ1v) is 3.95. The molecule has 0 aliphatic rings. The van der Waals surface area contributed by atoms with Gasteiger partial charge in [0.2, 0.25) is 0 Å². The Kier molecular flexibility index (Phi) is 1.66. The van der Waals surface area contributed by atoms with E-state index in [2.05, 4.69) is 4.98 Å². The van der Waals surface area contributed by atoms with E-state index in [0.717, 1.165) is 10.9 Å². The lowest BCUT2D eigenvalue weighted by Gasteiger charge is -1.96. The van der Waals surface area contributed by atoms with Crippen LogP contribution < -0.4 is 0 Å². The molecular formula is C9H6FNS. The molecule has 0 fully saturated rings. The fourth-order valence-corrected chi connectivity index (χ4v) is 1.30. The SMILES string of the molecule is Fc1ccc2[nH]c(=S)ccc2c1. The fourth-order valence-electron chi connectivity index (χ4n) is 1.13. The summed E-state index contributed by atoms with van der Waals surface area (Å²) in [5.41, 5.74) is 0.865. The number of H-pyrrole nitrogens is 1. The van der Waals surface area contributed by atoms with Gasteiger partial charge in [-0.1, -0.05) is 12.2 Å². The van der Waals surface area contributed by atoms with Crippen molar-refractivity contribution in [3.63, 3.8) is 0 Å².